The van der Waals surface area contributed by atoms with Crippen LogP contribution >= 0.6 is 11.6 Å². The third-order valence-corrected chi connectivity index (χ3v) is 4.06. The molecular weight excluding hydrogens is 270 g/mol. The minimum Gasteiger partial charge on any atom is -0.485 e. The van der Waals surface area contributed by atoms with Gasteiger partial charge >= 0.3 is 0 Å². The van der Waals surface area contributed by atoms with E-state index < -0.39 is 0 Å². The van der Waals surface area contributed by atoms with E-state index in [-0.39, 0.29) is 12.1 Å². The minimum absolute atomic E-state index is 0.0843. The van der Waals surface area contributed by atoms with Crippen molar-refractivity contribution in [3.05, 3.63) is 64.2 Å². The van der Waals surface area contributed by atoms with Crippen molar-refractivity contribution in [1.82, 2.24) is 5.32 Å². The SMILES string of the molecule is CNC1CC(c2cccc(C)c2)Oc2ccc(Cl)cc21. The molecule has 0 amide bonds. The highest BCUT2D eigenvalue weighted by Gasteiger charge is 2.28. The van der Waals surface area contributed by atoms with Gasteiger partial charge < -0.3 is 10.1 Å². The maximum absolute atomic E-state index is 6.16. The van der Waals surface area contributed by atoms with Crippen molar-refractivity contribution in [1.29, 1.82) is 0 Å². The summed E-state index contributed by atoms with van der Waals surface area (Å²) in [6.45, 7) is 2.11. The van der Waals surface area contributed by atoms with Gasteiger partial charge in [0, 0.05) is 23.0 Å². The highest BCUT2D eigenvalue weighted by molar-refractivity contribution is 6.30. The Morgan fingerprint density at radius 3 is 2.80 bits per heavy atom. The van der Waals surface area contributed by atoms with Crippen molar-refractivity contribution in [2.24, 2.45) is 0 Å². The van der Waals surface area contributed by atoms with Crippen LogP contribution in [0.1, 0.15) is 35.3 Å². The second-order valence-corrected chi connectivity index (χ2v) is 5.72. The number of hydrogen-bond acceptors (Lipinski definition) is 2. The van der Waals surface area contributed by atoms with Gasteiger partial charge in [-0.15, -0.1) is 0 Å². The predicted octanol–water partition coefficient (Wildman–Crippen LogP) is 4.43. The van der Waals surface area contributed by atoms with Gasteiger partial charge in [-0.2, -0.15) is 0 Å². The molecule has 104 valence electrons. The molecule has 3 heteroatoms. The standard InChI is InChI=1S/C17H18ClNO/c1-11-4-3-5-12(8-11)17-10-15(19-2)14-9-13(18)6-7-16(14)20-17/h3-9,15,17,19H,10H2,1-2H3. The monoisotopic (exact) mass is 287 g/mol. The zero-order valence-electron chi connectivity index (χ0n) is 11.7. The molecule has 20 heavy (non-hydrogen) atoms. The van der Waals surface area contributed by atoms with E-state index in [0.29, 0.717) is 0 Å². The van der Waals surface area contributed by atoms with Crippen molar-refractivity contribution in [2.45, 2.75) is 25.5 Å². The molecule has 2 nitrogen and oxygen atoms in total. The molecule has 1 aliphatic heterocycles. The van der Waals surface area contributed by atoms with E-state index in [1.807, 2.05) is 25.2 Å². The Balaban J connectivity index is 1.96. The summed E-state index contributed by atoms with van der Waals surface area (Å²) in [6, 6.07) is 14.6. The maximum atomic E-state index is 6.16. The van der Waals surface area contributed by atoms with Crippen molar-refractivity contribution < 1.29 is 4.74 Å². The van der Waals surface area contributed by atoms with Gasteiger partial charge in [0.25, 0.3) is 0 Å². The van der Waals surface area contributed by atoms with Crippen molar-refractivity contribution in [2.75, 3.05) is 7.05 Å². The Bertz CT molecular complexity index is 626. The van der Waals surface area contributed by atoms with Crippen LogP contribution in [0.3, 0.4) is 0 Å². The highest BCUT2D eigenvalue weighted by Crippen LogP contribution is 2.41. The number of ether oxygens (including phenoxy) is 1. The average Bonchev–Trinajstić information content (AvgIpc) is 2.46. The summed E-state index contributed by atoms with van der Waals surface area (Å²) in [5.74, 6) is 0.923. The third kappa shape index (κ3) is 2.54. The first-order valence-electron chi connectivity index (χ1n) is 6.87. The quantitative estimate of drug-likeness (QED) is 0.882. The molecular formula is C17H18ClNO. The summed E-state index contributed by atoms with van der Waals surface area (Å²) >= 11 is 6.09. The summed E-state index contributed by atoms with van der Waals surface area (Å²) in [4.78, 5) is 0. The lowest BCUT2D eigenvalue weighted by atomic mass is 9.92. The number of fused-ring (bicyclic) bond motifs is 1. The second kappa shape index (κ2) is 5.47. The van der Waals surface area contributed by atoms with Gasteiger partial charge in [-0.05, 0) is 37.7 Å². The van der Waals surface area contributed by atoms with Crippen LogP contribution in [0.5, 0.6) is 5.75 Å². The maximum Gasteiger partial charge on any atom is 0.126 e. The van der Waals surface area contributed by atoms with Gasteiger partial charge in [-0.25, -0.2) is 0 Å². The van der Waals surface area contributed by atoms with Gasteiger partial charge in [0.2, 0.25) is 0 Å². The van der Waals surface area contributed by atoms with Crippen molar-refractivity contribution in [3.8, 4) is 5.75 Å². The number of aryl methyl sites for hydroxylation is 1. The Kier molecular flexibility index (Phi) is 3.68. The molecule has 1 N–H and O–H groups in total. The van der Waals surface area contributed by atoms with Gasteiger partial charge in [0.1, 0.15) is 11.9 Å². The molecule has 0 saturated carbocycles. The molecule has 0 radical (unpaired) electrons. The summed E-state index contributed by atoms with van der Waals surface area (Å²) in [5.41, 5.74) is 3.63. The number of rotatable bonds is 2. The molecule has 2 aromatic carbocycles. The Labute approximate surface area is 124 Å². The van der Waals surface area contributed by atoms with E-state index in [0.717, 1.165) is 22.8 Å². The van der Waals surface area contributed by atoms with Crippen molar-refractivity contribution >= 4 is 11.6 Å². The first-order chi connectivity index (χ1) is 9.67. The van der Waals surface area contributed by atoms with Crippen LogP contribution < -0.4 is 10.1 Å². The summed E-state index contributed by atoms with van der Waals surface area (Å²) < 4.78 is 6.16. The van der Waals surface area contributed by atoms with Crippen LogP contribution in [0.25, 0.3) is 0 Å². The number of nitrogens with one attached hydrogen (secondary N) is 1. The van der Waals surface area contributed by atoms with Crippen LogP contribution in [0, 0.1) is 6.92 Å². The lowest BCUT2D eigenvalue weighted by molar-refractivity contribution is 0.154. The number of hydrogen-bond donors (Lipinski definition) is 1. The lowest BCUT2D eigenvalue weighted by Gasteiger charge is -2.32. The predicted molar refractivity (Wildman–Crippen MR) is 82.4 cm³/mol. The van der Waals surface area contributed by atoms with E-state index in [1.54, 1.807) is 0 Å². The fraction of sp³-hybridized carbons (Fsp3) is 0.294. The smallest absolute Gasteiger partial charge is 0.126 e. The molecule has 0 saturated heterocycles. The van der Waals surface area contributed by atoms with E-state index in [1.165, 1.54) is 11.1 Å². The van der Waals surface area contributed by atoms with Crippen LogP contribution in [0.2, 0.25) is 5.02 Å². The van der Waals surface area contributed by atoms with Crippen LogP contribution in [-0.4, -0.2) is 7.05 Å². The molecule has 1 aliphatic rings. The largest absolute Gasteiger partial charge is 0.485 e. The minimum atomic E-state index is 0.0843. The van der Waals surface area contributed by atoms with Crippen LogP contribution in [0.15, 0.2) is 42.5 Å². The molecule has 2 unspecified atom stereocenters. The van der Waals surface area contributed by atoms with E-state index in [9.17, 15) is 0 Å². The molecule has 0 bridgehead atoms. The molecule has 1 heterocycles. The highest BCUT2D eigenvalue weighted by atomic mass is 35.5. The molecule has 3 rings (SSSR count). The topological polar surface area (TPSA) is 21.3 Å². The van der Waals surface area contributed by atoms with Gasteiger partial charge in [0.15, 0.2) is 0 Å². The summed E-state index contributed by atoms with van der Waals surface area (Å²) in [7, 11) is 1.98. The van der Waals surface area contributed by atoms with Crippen LogP contribution in [-0.2, 0) is 0 Å². The first kappa shape index (κ1) is 13.5. The van der Waals surface area contributed by atoms with Crippen molar-refractivity contribution in [3.63, 3.8) is 0 Å². The molecule has 0 fully saturated rings. The van der Waals surface area contributed by atoms with E-state index >= 15 is 0 Å². The van der Waals surface area contributed by atoms with E-state index in [4.69, 9.17) is 16.3 Å². The lowest BCUT2D eigenvalue weighted by Crippen LogP contribution is -2.26. The van der Waals surface area contributed by atoms with Crippen LogP contribution in [0.4, 0.5) is 0 Å². The molecule has 2 atom stereocenters. The fourth-order valence-corrected chi connectivity index (χ4v) is 2.97. The van der Waals surface area contributed by atoms with Gasteiger partial charge in [-0.3, -0.25) is 0 Å². The zero-order chi connectivity index (χ0) is 14.1. The third-order valence-electron chi connectivity index (χ3n) is 3.83. The number of halogens is 1. The van der Waals surface area contributed by atoms with Gasteiger partial charge in [-0.1, -0.05) is 41.4 Å². The average molecular weight is 288 g/mol. The Morgan fingerprint density at radius 1 is 1.20 bits per heavy atom. The zero-order valence-corrected chi connectivity index (χ0v) is 12.4. The van der Waals surface area contributed by atoms with E-state index in [2.05, 4.69) is 36.5 Å². The molecule has 0 aromatic heterocycles. The fourth-order valence-electron chi connectivity index (χ4n) is 2.79. The van der Waals surface area contributed by atoms with Gasteiger partial charge in [0.05, 0.1) is 0 Å². The summed E-state index contributed by atoms with van der Waals surface area (Å²) in [5, 5.41) is 4.11. The Morgan fingerprint density at radius 2 is 2.05 bits per heavy atom. The number of benzene rings is 2. The first-order valence-corrected chi connectivity index (χ1v) is 7.25. The molecule has 2 aromatic rings. The summed E-state index contributed by atoms with van der Waals surface area (Å²) in [6.07, 6.45) is 0.994. The normalized spacial score (nSPS) is 21.1. The Hall–Kier alpha value is -1.51. The second-order valence-electron chi connectivity index (χ2n) is 5.28. The molecule has 0 aliphatic carbocycles. The molecule has 0 spiro atoms.